The zero-order chi connectivity index (χ0) is 12.1. The van der Waals surface area contributed by atoms with E-state index in [2.05, 4.69) is 11.1 Å². The molecule has 0 amide bonds. The molecule has 1 aromatic heterocycles. The molecule has 1 aromatic carbocycles. The first-order chi connectivity index (χ1) is 8.33. The fourth-order valence-corrected chi connectivity index (χ4v) is 1.51. The van der Waals surface area contributed by atoms with Crippen molar-refractivity contribution in [2.45, 2.75) is 5.88 Å². The van der Waals surface area contributed by atoms with E-state index in [1.54, 1.807) is 36.7 Å². The number of nitriles is 1. The highest BCUT2D eigenvalue weighted by atomic mass is 35.5. The first-order valence-electron chi connectivity index (χ1n) is 5.00. The monoisotopic (exact) mass is 244 g/mol. The summed E-state index contributed by atoms with van der Waals surface area (Å²) in [5.41, 5.74) is 1.36. The van der Waals surface area contributed by atoms with Gasteiger partial charge in [-0.2, -0.15) is 5.26 Å². The van der Waals surface area contributed by atoms with Crippen LogP contribution in [0.25, 0.3) is 0 Å². The van der Waals surface area contributed by atoms with E-state index in [1.165, 1.54) is 0 Å². The van der Waals surface area contributed by atoms with Crippen molar-refractivity contribution in [2.24, 2.45) is 0 Å². The molecule has 0 bridgehead atoms. The normalized spacial score (nSPS) is 9.65. The van der Waals surface area contributed by atoms with Crippen LogP contribution in [0.1, 0.15) is 11.1 Å². The number of hydrogen-bond acceptors (Lipinski definition) is 3. The maximum absolute atomic E-state index is 8.93. The molecule has 0 saturated heterocycles. The molecule has 0 N–H and O–H groups in total. The highest BCUT2D eigenvalue weighted by molar-refractivity contribution is 6.17. The Morgan fingerprint density at radius 2 is 2.12 bits per heavy atom. The molecule has 1 heterocycles. The summed E-state index contributed by atoms with van der Waals surface area (Å²) in [6.45, 7) is 0. The third kappa shape index (κ3) is 2.74. The molecule has 0 aliphatic rings. The number of rotatable bonds is 3. The molecule has 84 valence electrons. The molecule has 0 fully saturated rings. The van der Waals surface area contributed by atoms with E-state index in [9.17, 15) is 0 Å². The maximum Gasteiger partial charge on any atom is 0.146 e. The van der Waals surface area contributed by atoms with E-state index in [0.717, 1.165) is 5.56 Å². The summed E-state index contributed by atoms with van der Waals surface area (Å²) in [4.78, 5) is 4.01. The number of pyridine rings is 1. The summed E-state index contributed by atoms with van der Waals surface area (Å²) >= 11 is 5.71. The topological polar surface area (TPSA) is 45.9 Å². The molecule has 0 aliphatic heterocycles. The third-order valence-corrected chi connectivity index (χ3v) is 2.47. The second-order valence-corrected chi connectivity index (χ2v) is 3.64. The lowest BCUT2D eigenvalue weighted by molar-refractivity contribution is 0.478. The standard InChI is InChI=1S/C13H9ClN2O/c14-6-10-5-12(9-16-8-10)17-13-4-2-1-3-11(13)7-15/h1-5,8-9H,6H2. The van der Waals surface area contributed by atoms with Crippen LogP contribution in [0.3, 0.4) is 0 Å². The fourth-order valence-electron chi connectivity index (χ4n) is 1.37. The van der Waals surface area contributed by atoms with Crippen LogP contribution in [0.5, 0.6) is 11.5 Å². The molecule has 0 atom stereocenters. The van der Waals surface area contributed by atoms with Crippen LogP contribution in [0, 0.1) is 11.3 Å². The Morgan fingerprint density at radius 1 is 1.29 bits per heavy atom. The Bertz CT molecular complexity index is 563. The Hall–Kier alpha value is -2.05. The Kier molecular flexibility index (Phi) is 3.59. The molecule has 0 unspecified atom stereocenters. The summed E-state index contributed by atoms with van der Waals surface area (Å²) in [5, 5.41) is 8.93. The van der Waals surface area contributed by atoms with Crippen LogP contribution >= 0.6 is 11.6 Å². The number of nitrogens with zero attached hydrogens (tertiary/aromatic N) is 2. The zero-order valence-corrected chi connectivity index (χ0v) is 9.69. The average molecular weight is 245 g/mol. The SMILES string of the molecule is N#Cc1ccccc1Oc1cncc(CCl)c1. The van der Waals surface area contributed by atoms with Gasteiger partial charge in [0.05, 0.1) is 11.8 Å². The van der Waals surface area contributed by atoms with Gasteiger partial charge in [-0.25, -0.2) is 0 Å². The van der Waals surface area contributed by atoms with Crippen molar-refractivity contribution in [3.8, 4) is 17.6 Å². The smallest absolute Gasteiger partial charge is 0.146 e. The van der Waals surface area contributed by atoms with E-state index in [4.69, 9.17) is 21.6 Å². The largest absolute Gasteiger partial charge is 0.454 e. The molecule has 0 radical (unpaired) electrons. The minimum atomic E-state index is 0.379. The molecule has 2 rings (SSSR count). The lowest BCUT2D eigenvalue weighted by atomic mass is 10.2. The van der Waals surface area contributed by atoms with Gasteiger partial charge in [0, 0.05) is 12.1 Å². The third-order valence-electron chi connectivity index (χ3n) is 2.16. The number of aromatic nitrogens is 1. The average Bonchev–Trinajstić information content (AvgIpc) is 2.39. The van der Waals surface area contributed by atoms with Crippen LogP contribution in [-0.4, -0.2) is 4.98 Å². The van der Waals surface area contributed by atoms with Gasteiger partial charge >= 0.3 is 0 Å². The Morgan fingerprint density at radius 3 is 2.88 bits per heavy atom. The molecular weight excluding hydrogens is 236 g/mol. The van der Waals surface area contributed by atoms with Crippen molar-refractivity contribution < 1.29 is 4.74 Å². The Balaban J connectivity index is 2.28. The van der Waals surface area contributed by atoms with Gasteiger partial charge in [0.15, 0.2) is 0 Å². The number of alkyl halides is 1. The van der Waals surface area contributed by atoms with Crippen molar-refractivity contribution in [1.82, 2.24) is 4.98 Å². The van der Waals surface area contributed by atoms with Crippen LogP contribution in [0.2, 0.25) is 0 Å². The lowest BCUT2D eigenvalue weighted by Crippen LogP contribution is -1.90. The maximum atomic E-state index is 8.93. The van der Waals surface area contributed by atoms with E-state index < -0.39 is 0 Å². The zero-order valence-electron chi connectivity index (χ0n) is 8.93. The van der Waals surface area contributed by atoms with Crippen molar-refractivity contribution >= 4 is 11.6 Å². The minimum Gasteiger partial charge on any atom is -0.454 e. The van der Waals surface area contributed by atoms with Gasteiger partial charge in [-0.1, -0.05) is 12.1 Å². The van der Waals surface area contributed by atoms with E-state index >= 15 is 0 Å². The predicted octanol–water partition coefficient (Wildman–Crippen LogP) is 3.48. The molecular formula is C13H9ClN2O. The second-order valence-electron chi connectivity index (χ2n) is 3.37. The molecule has 17 heavy (non-hydrogen) atoms. The van der Waals surface area contributed by atoms with E-state index in [0.29, 0.717) is 22.9 Å². The highest BCUT2D eigenvalue weighted by Crippen LogP contribution is 2.24. The fraction of sp³-hybridized carbons (Fsp3) is 0.0769. The number of para-hydroxylation sites is 1. The van der Waals surface area contributed by atoms with Gasteiger partial charge in [-0.15, -0.1) is 11.6 Å². The van der Waals surface area contributed by atoms with Gasteiger partial charge in [0.2, 0.25) is 0 Å². The molecule has 2 aromatic rings. The van der Waals surface area contributed by atoms with Crippen LogP contribution in [0.4, 0.5) is 0 Å². The van der Waals surface area contributed by atoms with Crippen molar-refractivity contribution in [1.29, 1.82) is 5.26 Å². The van der Waals surface area contributed by atoms with Crippen molar-refractivity contribution in [3.05, 3.63) is 53.9 Å². The van der Waals surface area contributed by atoms with Gasteiger partial charge in [-0.3, -0.25) is 4.98 Å². The first kappa shape index (κ1) is 11.4. The van der Waals surface area contributed by atoms with Crippen LogP contribution < -0.4 is 4.74 Å². The van der Waals surface area contributed by atoms with E-state index in [-0.39, 0.29) is 0 Å². The quantitative estimate of drug-likeness (QED) is 0.777. The molecule has 0 aliphatic carbocycles. The van der Waals surface area contributed by atoms with E-state index in [1.807, 2.05) is 6.07 Å². The number of halogens is 1. The first-order valence-corrected chi connectivity index (χ1v) is 5.54. The highest BCUT2D eigenvalue weighted by Gasteiger charge is 2.04. The van der Waals surface area contributed by atoms with Crippen molar-refractivity contribution in [3.63, 3.8) is 0 Å². The van der Waals surface area contributed by atoms with Crippen LogP contribution in [-0.2, 0) is 5.88 Å². The summed E-state index contributed by atoms with van der Waals surface area (Å²) < 4.78 is 5.60. The molecule has 3 nitrogen and oxygen atoms in total. The van der Waals surface area contributed by atoms with Gasteiger partial charge in [0.25, 0.3) is 0 Å². The molecule has 4 heteroatoms. The summed E-state index contributed by atoms with van der Waals surface area (Å²) in [7, 11) is 0. The summed E-state index contributed by atoms with van der Waals surface area (Å²) in [6, 6.07) is 10.9. The van der Waals surface area contributed by atoms with Gasteiger partial charge in [-0.05, 0) is 23.8 Å². The summed E-state index contributed by atoms with van der Waals surface area (Å²) in [5.74, 6) is 1.47. The predicted molar refractivity (Wildman–Crippen MR) is 65.0 cm³/mol. The number of ether oxygens (including phenoxy) is 1. The van der Waals surface area contributed by atoms with Crippen molar-refractivity contribution in [2.75, 3.05) is 0 Å². The number of hydrogen-bond donors (Lipinski definition) is 0. The molecule has 0 spiro atoms. The second kappa shape index (κ2) is 5.33. The van der Waals surface area contributed by atoms with Gasteiger partial charge < -0.3 is 4.74 Å². The Labute approximate surface area is 104 Å². The summed E-state index contributed by atoms with van der Waals surface area (Å²) in [6.07, 6.45) is 3.26. The van der Waals surface area contributed by atoms with Crippen LogP contribution in [0.15, 0.2) is 42.7 Å². The number of benzene rings is 1. The molecule has 0 saturated carbocycles. The lowest BCUT2D eigenvalue weighted by Gasteiger charge is -2.07. The minimum absolute atomic E-state index is 0.379. The van der Waals surface area contributed by atoms with Gasteiger partial charge in [0.1, 0.15) is 17.6 Å².